The van der Waals surface area contributed by atoms with E-state index < -0.39 is 17.1 Å². The van der Waals surface area contributed by atoms with Crippen LogP contribution in [0.15, 0.2) is 14.4 Å². The first-order valence-corrected chi connectivity index (χ1v) is 12.5. The van der Waals surface area contributed by atoms with Crippen molar-refractivity contribution < 1.29 is 14.2 Å². The van der Waals surface area contributed by atoms with Gasteiger partial charge in [0.25, 0.3) is 0 Å². The van der Waals surface area contributed by atoms with E-state index in [0.717, 1.165) is 38.5 Å². The maximum Gasteiger partial charge on any atom is 0.336 e. The first-order chi connectivity index (χ1) is 15.8. The van der Waals surface area contributed by atoms with Gasteiger partial charge >= 0.3 is 17.1 Å². The van der Waals surface area contributed by atoms with Gasteiger partial charge in [-0.05, 0) is 19.3 Å². The molecule has 9 nitrogen and oxygen atoms in total. The molecule has 33 heavy (non-hydrogen) atoms. The van der Waals surface area contributed by atoms with Crippen molar-refractivity contribution >= 4 is 0 Å². The van der Waals surface area contributed by atoms with Gasteiger partial charge in [-0.3, -0.25) is 0 Å². The van der Waals surface area contributed by atoms with E-state index in [9.17, 15) is 14.4 Å². The molecule has 1 aromatic rings. The van der Waals surface area contributed by atoms with E-state index in [0.29, 0.717) is 39.6 Å². The van der Waals surface area contributed by atoms with Crippen LogP contribution in [0.4, 0.5) is 0 Å². The molecule has 3 aliphatic heterocycles. The van der Waals surface area contributed by atoms with Gasteiger partial charge in [-0.15, -0.1) is 0 Å². The second kappa shape index (κ2) is 9.50. The summed E-state index contributed by atoms with van der Waals surface area (Å²) in [6.45, 7) is 10.4. The summed E-state index contributed by atoms with van der Waals surface area (Å²) in [5.41, 5.74) is -2.17. The number of hydrogen-bond acceptors (Lipinski definition) is 6. The van der Waals surface area contributed by atoms with Gasteiger partial charge < -0.3 is 14.2 Å². The van der Waals surface area contributed by atoms with E-state index in [-0.39, 0.29) is 35.9 Å². The maximum atomic E-state index is 13.6. The number of aromatic nitrogens is 3. The molecular formula is C24H39N3O6. The molecule has 0 atom stereocenters. The number of nitrogens with zero attached hydrogens (tertiary/aromatic N) is 3. The summed E-state index contributed by atoms with van der Waals surface area (Å²) >= 11 is 0. The van der Waals surface area contributed by atoms with Crippen LogP contribution in [0.3, 0.4) is 0 Å². The minimum absolute atomic E-state index is 0.223. The lowest BCUT2D eigenvalue weighted by Crippen LogP contribution is -2.62. The van der Waals surface area contributed by atoms with Crippen LogP contribution >= 0.6 is 0 Å². The topological polar surface area (TPSA) is 93.7 Å². The Kier molecular flexibility index (Phi) is 7.03. The van der Waals surface area contributed by atoms with Crippen LogP contribution in [0.2, 0.25) is 0 Å². The van der Waals surface area contributed by atoms with Crippen molar-refractivity contribution in [3.05, 3.63) is 31.5 Å². The molecule has 4 heterocycles. The molecule has 0 bridgehead atoms. The predicted molar refractivity (Wildman–Crippen MR) is 124 cm³/mol. The van der Waals surface area contributed by atoms with Gasteiger partial charge in [-0.25, -0.2) is 28.1 Å². The van der Waals surface area contributed by atoms with Gasteiger partial charge in [0.1, 0.15) is 0 Å². The average molecular weight is 466 g/mol. The highest BCUT2D eigenvalue weighted by Gasteiger charge is 2.43. The molecule has 3 saturated heterocycles. The predicted octanol–water partition coefficient (Wildman–Crippen LogP) is 1.62. The molecule has 3 fully saturated rings. The first kappa shape index (κ1) is 24.4. The SMILES string of the molecule is CCCC1(Cn2c(=O)n(CC3(CCC)COC3)c(=O)n(CC3(CCC)COC3)c2=O)COC1. The van der Waals surface area contributed by atoms with Gasteiger partial charge in [0.15, 0.2) is 0 Å². The average Bonchev–Trinajstić information content (AvgIpc) is 2.71. The zero-order chi connectivity index (χ0) is 23.7. The van der Waals surface area contributed by atoms with Gasteiger partial charge in [0, 0.05) is 35.9 Å². The highest BCUT2D eigenvalue weighted by Crippen LogP contribution is 2.36. The Hall–Kier alpha value is -1.71. The Labute approximate surface area is 194 Å². The fourth-order valence-corrected chi connectivity index (χ4v) is 5.80. The Morgan fingerprint density at radius 3 is 0.939 bits per heavy atom. The van der Waals surface area contributed by atoms with Gasteiger partial charge in [0.05, 0.1) is 39.6 Å². The molecule has 0 saturated carbocycles. The molecular weight excluding hydrogens is 426 g/mol. The lowest BCUT2D eigenvalue weighted by molar-refractivity contribution is -0.134. The van der Waals surface area contributed by atoms with Crippen molar-refractivity contribution in [2.45, 2.75) is 78.9 Å². The van der Waals surface area contributed by atoms with Crippen LogP contribution < -0.4 is 17.1 Å². The Bertz CT molecular complexity index is 852. The van der Waals surface area contributed by atoms with E-state index >= 15 is 0 Å². The molecule has 0 spiro atoms. The smallest absolute Gasteiger partial charge is 0.336 e. The molecule has 4 rings (SSSR count). The highest BCUT2D eigenvalue weighted by molar-refractivity contribution is 4.94. The molecule has 0 aromatic carbocycles. The zero-order valence-electron chi connectivity index (χ0n) is 20.4. The minimum Gasteiger partial charge on any atom is -0.380 e. The van der Waals surface area contributed by atoms with E-state index in [1.807, 2.05) is 0 Å². The van der Waals surface area contributed by atoms with Crippen LogP contribution in [0.5, 0.6) is 0 Å². The fourth-order valence-electron chi connectivity index (χ4n) is 5.80. The van der Waals surface area contributed by atoms with Crippen LogP contribution in [-0.2, 0) is 33.8 Å². The molecule has 1 aromatic heterocycles. The fraction of sp³-hybridized carbons (Fsp3) is 0.875. The number of hydrogen-bond donors (Lipinski definition) is 0. The summed E-state index contributed by atoms with van der Waals surface area (Å²) in [5.74, 6) is 0. The van der Waals surface area contributed by atoms with Crippen molar-refractivity contribution in [1.29, 1.82) is 0 Å². The van der Waals surface area contributed by atoms with Crippen LogP contribution in [0.1, 0.15) is 59.3 Å². The van der Waals surface area contributed by atoms with Crippen LogP contribution in [0.25, 0.3) is 0 Å². The van der Waals surface area contributed by atoms with Gasteiger partial charge in [-0.1, -0.05) is 40.0 Å². The molecule has 0 N–H and O–H groups in total. The second-order valence-electron chi connectivity index (χ2n) is 10.8. The van der Waals surface area contributed by atoms with Crippen LogP contribution in [-0.4, -0.2) is 53.3 Å². The summed E-state index contributed by atoms with van der Waals surface area (Å²) in [7, 11) is 0. The molecule has 186 valence electrons. The molecule has 9 heteroatoms. The second-order valence-corrected chi connectivity index (χ2v) is 10.8. The van der Waals surface area contributed by atoms with Crippen molar-refractivity contribution in [2.24, 2.45) is 16.2 Å². The van der Waals surface area contributed by atoms with Crippen molar-refractivity contribution in [3.63, 3.8) is 0 Å². The zero-order valence-corrected chi connectivity index (χ0v) is 20.4. The largest absolute Gasteiger partial charge is 0.380 e. The lowest BCUT2D eigenvalue weighted by atomic mass is 9.81. The summed E-state index contributed by atoms with van der Waals surface area (Å²) in [5, 5.41) is 0. The summed E-state index contributed by atoms with van der Waals surface area (Å²) in [6, 6.07) is 0. The van der Waals surface area contributed by atoms with E-state index in [1.54, 1.807) is 0 Å². The highest BCUT2D eigenvalue weighted by atomic mass is 16.5. The third-order valence-corrected chi connectivity index (χ3v) is 7.66. The van der Waals surface area contributed by atoms with E-state index in [1.165, 1.54) is 13.7 Å². The minimum atomic E-state index is -0.500. The number of ether oxygens (including phenoxy) is 3. The first-order valence-electron chi connectivity index (χ1n) is 12.5. The standard InChI is InChI=1S/C24H39N3O6/c1-4-7-22(13-31-14-22)10-25-19(28)26(11-23(8-5-2)15-32-16-23)21(30)27(20(25)29)12-24(9-6-3)17-33-18-24/h4-18H2,1-3H3. The van der Waals surface area contributed by atoms with Crippen molar-refractivity contribution in [3.8, 4) is 0 Å². The van der Waals surface area contributed by atoms with Crippen molar-refractivity contribution in [1.82, 2.24) is 13.7 Å². The summed E-state index contributed by atoms with van der Waals surface area (Å²) < 4.78 is 20.3. The molecule has 3 aliphatic rings. The van der Waals surface area contributed by atoms with Crippen molar-refractivity contribution in [2.75, 3.05) is 39.6 Å². The van der Waals surface area contributed by atoms with E-state index in [4.69, 9.17) is 14.2 Å². The van der Waals surface area contributed by atoms with Gasteiger partial charge in [-0.2, -0.15) is 0 Å². The Balaban J connectivity index is 1.79. The van der Waals surface area contributed by atoms with Gasteiger partial charge in [0.2, 0.25) is 0 Å². The molecule has 0 radical (unpaired) electrons. The quantitative estimate of drug-likeness (QED) is 0.466. The third-order valence-electron chi connectivity index (χ3n) is 7.66. The van der Waals surface area contributed by atoms with Crippen LogP contribution in [0, 0.1) is 16.2 Å². The summed E-state index contributed by atoms with van der Waals surface area (Å²) in [4.78, 5) is 40.8. The third kappa shape index (κ3) is 4.51. The van der Waals surface area contributed by atoms with E-state index in [2.05, 4.69) is 20.8 Å². The lowest BCUT2D eigenvalue weighted by Gasteiger charge is -2.43. The molecule has 0 aliphatic carbocycles. The monoisotopic (exact) mass is 465 g/mol. The normalized spacial score (nSPS) is 22.3. The Morgan fingerprint density at radius 1 is 0.545 bits per heavy atom. The number of rotatable bonds is 12. The molecule has 0 unspecified atom stereocenters. The molecule has 0 amide bonds. The summed E-state index contributed by atoms with van der Waals surface area (Å²) in [6.07, 6.45) is 5.46. The maximum absolute atomic E-state index is 13.6. The Morgan fingerprint density at radius 2 is 0.788 bits per heavy atom.